The van der Waals surface area contributed by atoms with Gasteiger partial charge in [-0.25, -0.2) is 0 Å². The summed E-state index contributed by atoms with van der Waals surface area (Å²) in [6.07, 6.45) is 9.32. The molecule has 1 amide bonds. The topological polar surface area (TPSA) is 55.1 Å². The monoisotopic (exact) mass is 268 g/mol. The number of nitrogens with two attached hydrogens (primary N) is 1. The molecule has 0 aliphatic heterocycles. The normalized spacial score (nSPS) is 25.0. The van der Waals surface area contributed by atoms with Gasteiger partial charge in [-0.15, -0.1) is 0 Å². The average molecular weight is 268 g/mol. The molecule has 0 aromatic rings. The lowest BCUT2D eigenvalue weighted by Crippen LogP contribution is -2.37. The third-order valence-corrected chi connectivity index (χ3v) is 4.60. The number of unbranched alkanes of at least 4 members (excludes halogenated alkanes) is 1. The fourth-order valence-electron chi connectivity index (χ4n) is 3.08. The fraction of sp³-hybridized carbons (Fsp3) is 0.938. The molecule has 3 nitrogen and oxygen atoms in total. The second-order valence-corrected chi connectivity index (χ2v) is 6.13. The number of carbonyl (C=O) groups is 1. The van der Waals surface area contributed by atoms with Gasteiger partial charge < -0.3 is 11.1 Å². The molecule has 3 unspecified atom stereocenters. The van der Waals surface area contributed by atoms with Crippen molar-refractivity contribution >= 4 is 5.91 Å². The molecule has 0 aromatic carbocycles. The lowest BCUT2D eigenvalue weighted by Gasteiger charge is -2.28. The van der Waals surface area contributed by atoms with E-state index in [1.165, 1.54) is 25.7 Å². The molecule has 0 heterocycles. The molecule has 0 aromatic heterocycles. The van der Waals surface area contributed by atoms with Crippen LogP contribution in [0.4, 0.5) is 0 Å². The minimum Gasteiger partial charge on any atom is -0.356 e. The van der Waals surface area contributed by atoms with Crippen molar-refractivity contribution in [3.8, 4) is 0 Å². The van der Waals surface area contributed by atoms with E-state index >= 15 is 0 Å². The molecular weight excluding hydrogens is 236 g/mol. The number of carbonyl (C=O) groups excluding carboxylic acids is 1. The van der Waals surface area contributed by atoms with Crippen LogP contribution in [0.2, 0.25) is 0 Å². The lowest BCUT2D eigenvalue weighted by atomic mass is 9.81. The van der Waals surface area contributed by atoms with Crippen LogP contribution in [0.25, 0.3) is 0 Å². The highest BCUT2D eigenvalue weighted by molar-refractivity contribution is 5.78. The van der Waals surface area contributed by atoms with Crippen molar-refractivity contribution in [3.05, 3.63) is 0 Å². The minimum absolute atomic E-state index is 0.214. The summed E-state index contributed by atoms with van der Waals surface area (Å²) in [6, 6.07) is 0. The molecule has 112 valence electrons. The third kappa shape index (κ3) is 5.94. The van der Waals surface area contributed by atoms with Crippen LogP contribution >= 0.6 is 0 Å². The Hall–Kier alpha value is -0.570. The van der Waals surface area contributed by atoms with Gasteiger partial charge in [0.05, 0.1) is 0 Å². The van der Waals surface area contributed by atoms with E-state index in [2.05, 4.69) is 19.2 Å². The van der Waals surface area contributed by atoms with E-state index in [4.69, 9.17) is 5.73 Å². The molecule has 19 heavy (non-hydrogen) atoms. The molecule has 3 atom stereocenters. The molecule has 0 saturated heterocycles. The number of amides is 1. The Morgan fingerprint density at radius 3 is 2.79 bits per heavy atom. The molecular formula is C16H32N2O. The van der Waals surface area contributed by atoms with Gasteiger partial charge in [-0.3, -0.25) is 4.79 Å². The SMILES string of the molecule is CCCCC(CC)CNC(=O)C1CCCC(CN)C1. The lowest BCUT2D eigenvalue weighted by molar-refractivity contribution is -0.126. The zero-order valence-corrected chi connectivity index (χ0v) is 12.8. The molecule has 0 bridgehead atoms. The number of nitrogens with one attached hydrogen (secondary N) is 1. The van der Waals surface area contributed by atoms with Gasteiger partial charge in [-0.1, -0.05) is 39.5 Å². The summed E-state index contributed by atoms with van der Waals surface area (Å²) in [5.41, 5.74) is 5.73. The molecule has 1 aliphatic rings. The van der Waals surface area contributed by atoms with E-state index in [0.717, 1.165) is 38.8 Å². The summed E-state index contributed by atoms with van der Waals surface area (Å²) >= 11 is 0. The van der Waals surface area contributed by atoms with E-state index in [0.29, 0.717) is 11.8 Å². The molecule has 1 saturated carbocycles. The first kappa shape index (κ1) is 16.5. The summed E-state index contributed by atoms with van der Waals surface area (Å²) in [5, 5.41) is 3.18. The number of hydrogen-bond acceptors (Lipinski definition) is 2. The Balaban J connectivity index is 2.29. The third-order valence-electron chi connectivity index (χ3n) is 4.60. The van der Waals surface area contributed by atoms with Gasteiger partial charge in [0.25, 0.3) is 0 Å². The number of hydrogen-bond donors (Lipinski definition) is 2. The van der Waals surface area contributed by atoms with Crippen LogP contribution in [0.3, 0.4) is 0 Å². The highest BCUT2D eigenvalue weighted by Crippen LogP contribution is 2.28. The quantitative estimate of drug-likeness (QED) is 0.711. The van der Waals surface area contributed by atoms with Crippen molar-refractivity contribution in [2.24, 2.45) is 23.5 Å². The predicted molar refractivity (Wildman–Crippen MR) is 80.8 cm³/mol. The second-order valence-electron chi connectivity index (χ2n) is 6.13. The van der Waals surface area contributed by atoms with Gasteiger partial charge in [0.2, 0.25) is 5.91 Å². The summed E-state index contributed by atoms with van der Waals surface area (Å²) in [4.78, 5) is 12.2. The summed E-state index contributed by atoms with van der Waals surface area (Å²) in [5.74, 6) is 1.70. The Bertz CT molecular complexity index is 255. The van der Waals surface area contributed by atoms with Crippen LogP contribution in [0.1, 0.15) is 65.2 Å². The molecule has 1 fully saturated rings. The molecule has 0 spiro atoms. The van der Waals surface area contributed by atoms with Crippen LogP contribution in [0.5, 0.6) is 0 Å². The Morgan fingerprint density at radius 1 is 1.37 bits per heavy atom. The van der Waals surface area contributed by atoms with Gasteiger partial charge >= 0.3 is 0 Å². The molecule has 3 heteroatoms. The van der Waals surface area contributed by atoms with Gasteiger partial charge in [0.15, 0.2) is 0 Å². The largest absolute Gasteiger partial charge is 0.356 e. The maximum absolute atomic E-state index is 12.2. The molecule has 1 aliphatic carbocycles. The minimum atomic E-state index is 0.214. The summed E-state index contributed by atoms with van der Waals surface area (Å²) in [7, 11) is 0. The average Bonchev–Trinajstić information content (AvgIpc) is 2.47. The van der Waals surface area contributed by atoms with Crippen LogP contribution < -0.4 is 11.1 Å². The molecule has 0 radical (unpaired) electrons. The van der Waals surface area contributed by atoms with Crippen LogP contribution in [-0.4, -0.2) is 19.0 Å². The van der Waals surface area contributed by atoms with E-state index in [-0.39, 0.29) is 11.8 Å². The van der Waals surface area contributed by atoms with Crippen molar-refractivity contribution in [1.29, 1.82) is 0 Å². The number of rotatable bonds is 8. The highest BCUT2D eigenvalue weighted by Gasteiger charge is 2.26. The van der Waals surface area contributed by atoms with Gasteiger partial charge in [0, 0.05) is 12.5 Å². The van der Waals surface area contributed by atoms with Crippen LogP contribution in [-0.2, 0) is 4.79 Å². The standard InChI is InChI=1S/C16H32N2O/c1-3-5-7-13(4-2)12-18-16(19)15-9-6-8-14(10-15)11-17/h13-15H,3-12,17H2,1-2H3,(H,18,19). The maximum Gasteiger partial charge on any atom is 0.223 e. The zero-order chi connectivity index (χ0) is 14.1. The van der Waals surface area contributed by atoms with Crippen LogP contribution in [0, 0.1) is 17.8 Å². The van der Waals surface area contributed by atoms with Gasteiger partial charge in [-0.05, 0) is 44.1 Å². The smallest absolute Gasteiger partial charge is 0.223 e. The Kier molecular flexibility index (Phi) is 8.11. The fourth-order valence-corrected chi connectivity index (χ4v) is 3.08. The highest BCUT2D eigenvalue weighted by atomic mass is 16.1. The molecule has 1 rings (SSSR count). The maximum atomic E-state index is 12.2. The van der Waals surface area contributed by atoms with Crippen molar-refractivity contribution in [1.82, 2.24) is 5.32 Å². The Morgan fingerprint density at radius 2 is 2.16 bits per heavy atom. The molecule has 3 N–H and O–H groups in total. The second kappa shape index (κ2) is 9.35. The van der Waals surface area contributed by atoms with E-state index in [1.807, 2.05) is 0 Å². The summed E-state index contributed by atoms with van der Waals surface area (Å²) < 4.78 is 0. The van der Waals surface area contributed by atoms with Crippen LogP contribution in [0.15, 0.2) is 0 Å². The van der Waals surface area contributed by atoms with Crippen molar-refractivity contribution < 1.29 is 4.79 Å². The van der Waals surface area contributed by atoms with E-state index in [9.17, 15) is 4.79 Å². The first-order valence-corrected chi connectivity index (χ1v) is 8.18. The Labute approximate surface area is 118 Å². The predicted octanol–water partition coefficient (Wildman–Crippen LogP) is 3.08. The first-order chi connectivity index (χ1) is 9.21. The zero-order valence-electron chi connectivity index (χ0n) is 12.8. The van der Waals surface area contributed by atoms with Gasteiger partial charge in [0.1, 0.15) is 0 Å². The van der Waals surface area contributed by atoms with E-state index in [1.54, 1.807) is 0 Å². The van der Waals surface area contributed by atoms with Crippen molar-refractivity contribution in [3.63, 3.8) is 0 Å². The van der Waals surface area contributed by atoms with Gasteiger partial charge in [-0.2, -0.15) is 0 Å². The summed E-state index contributed by atoms with van der Waals surface area (Å²) in [6.45, 7) is 6.04. The van der Waals surface area contributed by atoms with E-state index < -0.39 is 0 Å². The van der Waals surface area contributed by atoms with Crippen molar-refractivity contribution in [2.75, 3.05) is 13.1 Å². The first-order valence-electron chi connectivity index (χ1n) is 8.18. The van der Waals surface area contributed by atoms with Crippen molar-refractivity contribution in [2.45, 2.75) is 65.2 Å².